The van der Waals surface area contributed by atoms with Crippen LogP contribution in [0.15, 0.2) is 24.3 Å². The van der Waals surface area contributed by atoms with Crippen molar-refractivity contribution in [1.82, 2.24) is 0 Å². The van der Waals surface area contributed by atoms with Gasteiger partial charge >= 0.3 is 0 Å². The monoisotopic (exact) mass is 179 g/mol. The van der Waals surface area contributed by atoms with Crippen LogP contribution < -0.4 is 10.5 Å². The zero-order chi connectivity index (χ0) is 6.69. The second-order valence-corrected chi connectivity index (χ2v) is 1.77. The van der Waals surface area contributed by atoms with Gasteiger partial charge in [-0.2, -0.15) is 0 Å². The number of nitrogens with two attached hydrogens (primary N) is 1. The molecule has 2 N–H and O–H groups in total. The summed E-state index contributed by atoms with van der Waals surface area (Å²) in [5.74, 6) is 0.837. The molecule has 1 aromatic rings. The summed E-state index contributed by atoms with van der Waals surface area (Å²) in [6, 6.07) is 7.27. The number of methoxy groups -OCH3 is 1. The van der Waals surface area contributed by atoms with Gasteiger partial charge in [0, 0.05) is 22.8 Å². The van der Waals surface area contributed by atoms with Crippen molar-refractivity contribution in [3.8, 4) is 5.75 Å². The van der Waals surface area contributed by atoms with E-state index in [4.69, 9.17) is 10.5 Å². The maximum atomic E-state index is 5.43. The molecule has 0 aliphatic rings. The van der Waals surface area contributed by atoms with Crippen LogP contribution in [0.5, 0.6) is 5.75 Å². The molecule has 0 aliphatic carbocycles. The maximum absolute atomic E-state index is 5.43. The molecule has 0 aliphatic heterocycles. The maximum Gasteiger partial charge on any atom is 0.119 e. The van der Waals surface area contributed by atoms with Crippen LogP contribution >= 0.6 is 0 Å². The number of hydrogen-bond acceptors (Lipinski definition) is 2. The molecule has 0 saturated heterocycles. The Labute approximate surface area is 70.8 Å². The molecule has 56 valence electrons. The van der Waals surface area contributed by atoms with Crippen LogP contribution in [0.25, 0.3) is 0 Å². The Kier molecular flexibility index (Phi) is 3.92. The van der Waals surface area contributed by atoms with Crippen LogP contribution in [0.2, 0.25) is 0 Å². The average Bonchev–Trinajstić information content (AvgIpc) is 1.90. The zero-order valence-electron chi connectivity index (χ0n) is 5.65. The Morgan fingerprint density at radius 3 is 2.10 bits per heavy atom. The Morgan fingerprint density at radius 2 is 1.70 bits per heavy atom. The summed E-state index contributed by atoms with van der Waals surface area (Å²) >= 11 is 0. The molecule has 0 atom stereocenters. The van der Waals surface area contributed by atoms with Crippen molar-refractivity contribution < 1.29 is 21.8 Å². The minimum Gasteiger partial charge on any atom is -0.497 e. The van der Waals surface area contributed by atoms with Crippen LogP contribution in [-0.2, 0) is 17.1 Å². The molecule has 0 heterocycles. The Balaban J connectivity index is 0.000000810. The molecular weight excluding hydrogens is 170 g/mol. The average molecular weight is 179 g/mol. The fraction of sp³-hybridized carbons (Fsp3) is 0.143. The van der Waals surface area contributed by atoms with Gasteiger partial charge in [0.2, 0.25) is 0 Å². The molecule has 1 rings (SSSR count). The molecular formula is C7H9FeNO. The zero-order valence-corrected chi connectivity index (χ0v) is 6.75. The van der Waals surface area contributed by atoms with E-state index in [2.05, 4.69) is 0 Å². The van der Waals surface area contributed by atoms with E-state index >= 15 is 0 Å². The predicted molar refractivity (Wildman–Crippen MR) is 37.4 cm³/mol. The van der Waals surface area contributed by atoms with E-state index in [0.717, 1.165) is 11.4 Å². The standard InChI is InChI=1S/C7H9NO.Fe/c1-9-7-4-2-6(8)3-5-7;/h2-5H,8H2,1H3;. The third-order valence-electron chi connectivity index (χ3n) is 1.12. The second-order valence-electron chi connectivity index (χ2n) is 1.77. The largest absolute Gasteiger partial charge is 0.497 e. The first-order valence-corrected chi connectivity index (χ1v) is 2.72. The molecule has 0 amide bonds. The summed E-state index contributed by atoms with van der Waals surface area (Å²) in [6.45, 7) is 0. The molecule has 0 radical (unpaired) electrons. The minimum absolute atomic E-state index is 0. The van der Waals surface area contributed by atoms with E-state index in [1.54, 1.807) is 19.2 Å². The fourth-order valence-corrected chi connectivity index (χ4v) is 0.604. The van der Waals surface area contributed by atoms with Gasteiger partial charge in [-0.25, -0.2) is 0 Å². The van der Waals surface area contributed by atoms with Crippen molar-refractivity contribution in [2.45, 2.75) is 0 Å². The summed E-state index contributed by atoms with van der Waals surface area (Å²) in [6.07, 6.45) is 0. The molecule has 10 heavy (non-hydrogen) atoms. The summed E-state index contributed by atoms with van der Waals surface area (Å²) in [7, 11) is 1.63. The van der Waals surface area contributed by atoms with Gasteiger partial charge < -0.3 is 10.5 Å². The van der Waals surface area contributed by atoms with Gasteiger partial charge in [-0.15, -0.1) is 0 Å². The summed E-state index contributed by atoms with van der Waals surface area (Å²) in [5.41, 5.74) is 6.19. The first-order valence-electron chi connectivity index (χ1n) is 2.72. The van der Waals surface area contributed by atoms with Crippen molar-refractivity contribution in [2.24, 2.45) is 0 Å². The van der Waals surface area contributed by atoms with E-state index in [1.807, 2.05) is 12.1 Å². The minimum atomic E-state index is 0. The first kappa shape index (κ1) is 9.34. The third-order valence-corrected chi connectivity index (χ3v) is 1.12. The topological polar surface area (TPSA) is 35.2 Å². The Bertz CT molecular complexity index is 185. The number of benzene rings is 1. The molecule has 0 spiro atoms. The number of nitrogen functional groups attached to an aromatic ring is 1. The van der Waals surface area contributed by atoms with E-state index in [-0.39, 0.29) is 17.1 Å². The first-order chi connectivity index (χ1) is 4.33. The van der Waals surface area contributed by atoms with Crippen LogP contribution in [0.3, 0.4) is 0 Å². The van der Waals surface area contributed by atoms with Crippen LogP contribution in [0.4, 0.5) is 5.69 Å². The van der Waals surface area contributed by atoms with Gasteiger partial charge in [0.25, 0.3) is 0 Å². The summed E-state index contributed by atoms with van der Waals surface area (Å²) < 4.78 is 4.91. The van der Waals surface area contributed by atoms with Crippen molar-refractivity contribution in [2.75, 3.05) is 12.8 Å². The van der Waals surface area contributed by atoms with Crippen LogP contribution in [0.1, 0.15) is 0 Å². The number of ether oxygens (including phenoxy) is 1. The fourth-order valence-electron chi connectivity index (χ4n) is 0.604. The van der Waals surface area contributed by atoms with E-state index in [1.165, 1.54) is 0 Å². The van der Waals surface area contributed by atoms with E-state index in [0.29, 0.717) is 0 Å². The van der Waals surface area contributed by atoms with Crippen molar-refractivity contribution in [3.63, 3.8) is 0 Å². The Morgan fingerprint density at radius 1 is 1.20 bits per heavy atom. The SMILES string of the molecule is COc1ccc(N)cc1.[Fe]. The van der Waals surface area contributed by atoms with Gasteiger partial charge in [-0.1, -0.05) is 0 Å². The van der Waals surface area contributed by atoms with Crippen LogP contribution in [-0.4, -0.2) is 7.11 Å². The molecule has 0 fully saturated rings. The molecule has 0 bridgehead atoms. The Hall–Kier alpha value is -0.661. The normalized spacial score (nSPS) is 8.10. The quantitative estimate of drug-likeness (QED) is 0.520. The van der Waals surface area contributed by atoms with Gasteiger partial charge in [0.1, 0.15) is 5.75 Å². The number of anilines is 1. The molecule has 1 aromatic carbocycles. The smallest absolute Gasteiger partial charge is 0.119 e. The molecule has 3 heteroatoms. The van der Waals surface area contributed by atoms with Gasteiger partial charge in [0.15, 0.2) is 0 Å². The second kappa shape index (κ2) is 4.20. The van der Waals surface area contributed by atoms with Gasteiger partial charge in [0.05, 0.1) is 7.11 Å². The van der Waals surface area contributed by atoms with Crippen molar-refractivity contribution in [3.05, 3.63) is 24.3 Å². The van der Waals surface area contributed by atoms with E-state index in [9.17, 15) is 0 Å². The molecule has 0 unspecified atom stereocenters. The molecule has 0 aromatic heterocycles. The van der Waals surface area contributed by atoms with Gasteiger partial charge in [-0.3, -0.25) is 0 Å². The number of rotatable bonds is 1. The third kappa shape index (κ3) is 2.29. The van der Waals surface area contributed by atoms with Gasteiger partial charge in [-0.05, 0) is 24.3 Å². The van der Waals surface area contributed by atoms with E-state index < -0.39 is 0 Å². The van der Waals surface area contributed by atoms with Crippen molar-refractivity contribution >= 4 is 5.69 Å². The molecule has 2 nitrogen and oxygen atoms in total. The van der Waals surface area contributed by atoms with Crippen LogP contribution in [0, 0.1) is 0 Å². The van der Waals surface area contributed by atoms with Crippen molar-refractivity contribution in [1.29, 1.82) is 0 Å². The summed E-state index contributed by atoms with van der Waals surface area (Å²) in [4.78, 5) is 0. The molecule has 0 saturated carbocycles. The number of hydrogen-bond donors (Lipinski definition) is 1. The summed E-state index contributed by atoms with van der Waals surface area (Å²) in [5, 5.41) is 0. The predicted octanol–water partition coefficient (Wildman–Crippen LogP) is 1.27.